The van der Waals surface area contributed by atoms with Crippen molar-refractivity contribution in [3.8, 4) is 0 Å². The number of halogens is 2. The Kier molecular flexibility index (Phi) is 5.82. The molecule has 0 unspecified atom stereocenters. The lowest BCUT2D eigenvalue weighted by atomic mass is 10.3. The zero-order valence-corrected chi connectivity index (χ0v) is 13.2. The first-order valence-corrected chi connectivity index (χ1v) is 7.63. The number of nitrogens with one attached hydrogen (secondary N) is 2. The number of imidazole rings is 1. The van der Waals surface area contributed by atoms with Gasteiger partial charge in [-0.1, -0.05) is 0 Å². The highest BCUT2D eigenvalue weighted by Gasteiger charge is 2.11. The summed E-state index contributed by atoms with van der Waals surface area (Å²) >= 11 is 1.61. The molecule has 0 aliphatic carbocycles. The molecule has 2 aromatic rings. The Morgan fingerprint density at radius 3 is 2.91 bits per heavy atom. The Bertz CT molecular complexity index is 622. The molecule has 0 aliphatic heterocycles. The van der Waals surface area contributed by atoms with Crippen LogP contribution in [-0.2, 0) is 13.0 Å². The third kappa shape index (κ3) is 4.48. The molecule has 0 atom stereocenters. The van der Waals surface area contributed by atoms with E-state index in [-0.39, 0.29) is 12.4 Å². The van der Waals surface area contributed by atoms with Gasteiger partial charge in [0.25, 0.3) is 0 Å². The summed E-state index contributed by atoms with van der Waals surface area (Å²) in [4.78, 5) is 12.3. The molecular weight excluding hydrogens is 310 g/mol. The van der Waals surface area contributed by atoms with Gasteiger partial charge in [-0.3, -0.25) is 9.56 Å². The van der Waals surface area contributed by atoms with Crippen LogP contribution in [0, 0.1) is 6.92 Å². The normalized spacial score (nSPS) is 12.0. The maximum atomic E-state index is 12.7. The van der Waals surface area contributed by atoms with Gasteiger partial charge in [-0.15, -0.1) is 11.3 Å². The number of nitrogens with zero attached hydrogens (tertiary/aromatic N) is 4. The van der Waals surface area contributed by atoms with E-state index in [0.29, 0.717) is 12.5 Å². The van der Waals surface area contributed by atoms with Crippen molar-refractivity contribution in [1.82, 2.24) is 25.2 Å². The maximum absolute atomic E-state index is 12.7. The van der Waals surface area contributed by atoms with Crippen molar-refractivity contribution in [1.29, 1.82) is 0 Å². The summed E-state index contributed by atoms with van der Waals surface area (Å²) in [5, 5.41) is 9.14. The summed E-state index contributed by atoms with van der Waals surface area (Å²) in [6.07, 6.45) is 3.38. The fraction of sp³-hybridized carbons (Fsp3) is 0.462. The molecular formula is C13H18F2N6S. The van der Waals surface area contributed by atoms with E-state index in [9.17, 15) is 8.78 Å². The zero-order chi connectivity index (χ0) is 15.9. The first-order valence-electron chi connectivity index (χ1n) is 6.75. The van der Waals surface area contributed by atoms with Gasteiger partial charge in [-0.25, -0.2) is 9.97 Å². The number of alkyl halides is 2. The average Bonchev–Trinajstić information content (AvgIpc) is 3.11. The number of aromatic nitrogens is 3. The van der Waals surface area contributed by atoms with Crippen LogP contribution in [-0.4, -0.2) is 34.1 Å². The van der Waals surface area contributed by atoms with Gasteiger partial charge < -0.3 is 10.6 Å². The van der Waals surface area contributed by atoms with Crippen molar-refractivity contribution in [3.05, 3.63) is 34.3 Å². The van der Waals surface area contributed by atoms with Crippen LogP contribution >= 0.6 is 11.3 Å². The number of hydrogen-bond acceptors (Lipinski definition) is 4. The Morgan fingerprint density at radius 1 is 1.45 bits per heavy atom. The van der Waals surface area contributed by atoms with E-state index in [1.54, 1.807) is 18.4 Å². The summed E-state index contributed by atoms with van der Waals surface area (Å²) in [5.74, 6) is 0.795. The third-order valence-corrected chi connectivity index (χ3v) is 3.76. The van der Waals surface area contributed by atoms with Gasteiger partial charge in [0.1, 0.15) is 5.82 Å². The fourth-order valence-electron chi connectivity index (χ4n) is 1.87. The minimum atomic E-state index is -2.60. The van der Waals surface area contributed by atoms with Gasteiger partial charge in [0, 0.05) is 37.8 Å². The molecule has 2 rings (SSSR count). The van der Waals surface area contributed by atoms with Crippen molar-refractivity contribution in [2.24, 2.45) is 4.99 Å². The average molecular weight is 328 g/mol. The lowest BCUT2D eigenvalue weighted by Gasteiger charge is -2.12. The molecule has 2 aromatic heterocycles. The minimum absolute atomic E-state index is 0.173. The van der Waals surface area contributed by atoms with E-state index in [1.807, 2.05) is 12.3 Å². The minimum Gasteiger partial charge on any atom is -0.356 e. The quantitative estimate of drug-likeness (QED) is 0.628. The summed E-state index contributed by atoms with van der Waals surface area (Å²) in [6.45, 7) is 0.203. The van der Waals surface area contributed by atoms with Crippen molar-refractivity contribution < 1.29 is 8.78 Å². The van der Waals surface area contributed by atoms with Gasteiger partial charge in [-0.2, -0.15) is 8.78 Å². The Labute approximate surface area is 131 Å². The maximum Gasteiger partial charge on any atom is 0.319 e. The van der Waals surface area contributed by atoms with E-state index < -0.39 is 6.55 Å². The molecule has 0 aliphatic rings. The largest absolute Gasteiger partial charge is 0.356 e. The van der Waals surface area contributed by atoms with Crippen LogP contribution in [0.2, 0.25) is 0 Å². The number of aryl methyl sites for hydroxylation is 1. The zero-order valence-electron chi connectivity index (χ0n) is 12.4. The SMILES string of the molecule is CN=C(NCCc1csc(C)n1)NCc1nccn1C(F)F. The van der Waals surface area contributed by atoms with Crippen LogP contribution in [0.5, 0.6) is 0 Å². The second-order valence-electron chi connectivity index (χ2n) is 4.49. The summed E-state index contributed by atoms with van der Waals surface area (Å²) in [5.41, 5.74) is 1.03. The Balaban J connectivity index is 1.79. The highest BCUT2D eigenvalue weighted by molar-refractivity contribution is 7.09. The lowest BCUT2D eigenvalue weighted by Crippen LogP contribution is -2.38. The lowest BCUT2D eigenvalue weighted by molar-refractivity contribution is 0.0668. The van der Waals surface area contributed by atoms with E-state index in [2.05, 4.69) is 25.6 Å². The van der Waals surface area contributed by atoms with Gasteiger partial charge in [0.2, 0.25) is 0 Å². The molecule has 9 heteroatoms. The fourth-order valence-corrected chi connectivity index (χ4v) is 2.52. The molecule has 120 valence electrons. The standard InChI is InChI=1S/C13H18F2N6S/c1-9-20-10(8-22-9)3-4-18-13(16-2)19-7-11-17-5-6-21(11)12(14)15/h5-6,8,12H,3-4,7H2,1-2H3,(H2,16,18,19). The molecule has 0 amide bonds. The molecule has 2 N–H and O–H groups in total. The highest BCUT2D eigenvalue weighted by atomic mass is 32.1. The van der Waals surface area contributed by atoms with Crippen molar-refractivity contribution in [2.75, 3.05) is 13.6 Å². The molecule has 0 saturated carbocycles. The number of rotatable bonds is 6. The van der Waals surface area contributed by atoms with Crippen molar-refractivity contribution in [3.63, 3.8) is 0 Å². The molecule has 2 heterocycles. The summed E-state index contributed by atoms with van der Waals surface area (Å²) in [6, 6.07) is 0. The van der Waals surface area contributed by atoms with Gasteiger partial charge in [-0.05, 0) is 6.92 Å². The predicted molar refractivity (Wildman–Crippen MR) is 82.2 cm³/mol. The molecule has 0 radical (unpaired) electrons. The van der Waals surface area contributed by atoms with Crippen molar-refractivity contribution in [2.45, 2.75) is 26.4 Å². The first-order chi connectivity index (χ1) is 10.6. The third-order valence-electron chi connectivity index (χ3n) is 2.94. The molecule has 6 nitrogen and oxygen atoms in total. The predicted octanol–water partition coefficient (Wildman–Crippen LogP) is 1.95. The first kappa shape index (κ1) is 16.3. The monoisotopic (exact) mass is 328 g/mol. The van der Waals surface area contributed by atoms with Crippen molar-refractivity contribution >= 4 is 17.3 Å². The Hall–Kier alpha value is -2.03. The smallest absolute Gasteiger partial charge is 0.319 e. The molecule has 0 aromatic carbocycles. The second-order valence-corrected chi connectivity index (χ2v) is 5.55. The van der Waals surface area contributed by atoms with Crippen LogP contribution in [0.4, 0.5) is 8.78 Å². The van der Waals surface area contributed by atoms with Gasteiger partial charge in [0.15, 0.2) is 5.96 Å². The highest BCUT2D eigenvalue weighted by Crippen LogP contribution is 2.11. The molecule has 22 heavy (non-hydrogen) atoms. The van der Waals surface area contributed by atoms with Gasteiger partial charge in [0.05, 0.1) is 17.2 Å². The number of guanidine groups is 1. The van der Waals surface area contributed by atoms with Gasteiger partial charge >= 0.3 is 6.55 Å². The number of thiazole rings is 1. The number of aliphatic imine (C=N–C) groups is 1. The van der Waals surface area contributed by atoms with E-state index in [4.69, 9.17) is 0 Å². The summed E-state index contributed by atoms with van der Waals surface area (Å²) < 4.78 is 26.2. The van der Waals surface area contributed by atoms with E-state index in [1.165, 1.54) is 12.4 Å². The summed E-state index contributed by atoms with van der Waals surface area (Å²) in [7, 11) is 1.63. The molecule has 0 saturated heterocycles. The van der Waals surface area contributed by atoms with Crippen LogP contribution in [0.1, 0.15) is 23.1 Å². The van der Waals surface area contributed by atoms with Crippen LogP contribution < -0.4 is 10.6 Å². The van der Waals surface area contributed by atoms with Crippen LogP contribution in [0.15, 0.2) is 22.8 Å². The second kappa shape index (κ2) is 7.83. The number of hydrogen-bond donors (Lipinski definition) is 2. The van der Waals surface area contributed by atoms with E-state index in [0.717, 1.165) is 21.7 Å². The molecule has 0 fully saturated rings. The van der Waals surface area contributed by atoms with Crippen LogP contribution in [0.25, 0.3) is 0 Å². The molecule has 0 spiro atoms. The topological polar surface area (TPSA) is 67.1 Å². The Morgan fingerprint density at radius 2 is 2.27 bits per heavy atom. The van der Waals surface area contributed by atoms with Crippen LogP contribution in [0.3, 0.4) is 0 Å². The van der Waals surface area contributed by atoms with E-state index >= 15 is 0 Å². The molecule has 0 bridgehead atoms.